The van der Waals surface area contributed by atoms with Gasteiger partial charge in [0.05, 0.1) is 18.1 Å². The van der Waals surface area contributed by atoms with Gasteiger partial charge >= 0.3 is 0 Å². The Balaban J connectivity index is 1.42. The van der Waals surface area contributed by atoms with Gasteiger partial charge < -0.3 is 10.6 Å². The van der Waals surface area contributed by atoms with Gasteiger partial charge in [-0.3, -0.25) is 9.59 Å². The first-order valence-corrected chi connectivity index (χ1v) is 8.78. The van der Waals surface area contributed by atoms with E-state index in [1.807, 2.05) is 36.4 Å². The van der Waals surface area contributed by atoms with Crippen molar-refractivity contribution in [1.82, 2.24) is 20.4 Å². The van der Waals surface area contributed by atoms with Crippen molar-refractivity contribution in [2.24, 2.45) is 0 Å². The number of hydrogen-bond acceptors (Lipinski definition) is 4. The molecular weight excluding hydrogens is 328 g/mol. The van der Waals surface area contributed by atoms with Crippen LogP contribution >= 0.6 is 0 Å². The number of hydrogen-bond donors (Lipinski definition) is 2. The molecule has 0 saturated heterocycles. The zero-order valence-electron chi connectivity index (χ0n) is 14.4. The van der Waals surface area contributed by atoms with Crippen LogP contribution in [-0.2, 0) is 19.5 Å². The fraction of sp³-hybridized carbons (Fsp3) is 0.250. The molecule has 2 heterocycles. The van der Waals surface area contributed by atoms with E-state index in [4.69, 9.17) is 0 Å². The van der Waals surface area contributed by atoms with Crippen LogP contribution in [0.15, 0.2) is 53.5 Å². The van der Waals surface area contributed by atoms with Gasteiger partial charge in [-0.05, 0) is 42.3 Å². The summed E-state index contributed by atoms with van der Waals surface area (Å²) in [4.78, 5) is 24.8. The lowest BCUT2D eigenvalue weighted by atomic mass is 9.98. The van der Waals surface area contributed by atoms with E-state index in [1.54, 1.807) is 12.3 Å². The lowest BCUT2D eigenvalue weighted by Crippen LogP contribution is -2.32. The summed E-state index contributed by atoms with van der Waals surface area (Å²) >= 11 is 0. The van der Waals surface area contributed by atoms with E-state index in [0.29, 0.717) is 24.0 Å². The Bertz CT molecular complexity index is 1030. The van der Waals surface area contributed by atoms with Gasteiger partial charge in [-0.1, -0.05) is 24.3 Å². The SMILES string of the molecule is O=C(NCCn1ncc2ccccc2c1=O)c1ccc2c(c1)CNCC2. The van der Waals surface area contributed by atoms with Gasteiger partial charge in [-0.25, -0.2) is 4.68 Å². The number of carbonyl (C=O) groups is 1. The van der Waals surface area contributed by atoms with E-state index in [-0.39, 0.29) is 11.5 Å². The van der Waals surface area contributed by atoms with E-state index < -0.39 is 0 Å². The molecule has 1 amide bonds. The molecule has 2 N–H and O–H groups in total. The Labute approximate surface area is 150 Å². The molecule has 2 aromatic carbocycles. The van der Waals surface area contributed by atoms with Crippen molar-refractivity contribution in [2.45, 2.75) is 19.5 Å². The van der Waals surface area contributed by atoms with E-state index >= 15 is 0 Å². The van der Waals surface area contributed by atoms with Gasteiger partial charge in [0.25, 0.3) is 11.5 Å². The highest BCUT2D eigenvalue weighted by Gasteiger charge is 2.12. The molecule has 1 aliphatic rings. The maximum Gasteiger partial charge on any atom is 0.274 e. The molecule has 0 aliphatic carbocycles. The average molecular weight is 348 g/mol. The quantitative estimate of drug-likeness (QED) is 0.749. The first kappa shape index (κ1) is 16.5. The molecule has 0 atom stereocenters. The molecule has 0 unspecified atom stereocenters. The van der Waals surface area contributed by atoms with E-state index in [0.717, 1.165) is 24.9 Å². The predicted octanol–water partition coefficient (Wildman–Crippen LogP) is 1.47. The number of nitrogens with one attached hydrogen (secondary N) is 2. The van der Waals surface area contributed by atoms with Crippen LogP contribution in [0.25, 0.3) is 10.8 Å². The van der Waals surface area contributed by atoms with Crippen LogP contribution in [0, 0.1) is 0 Å². The van der Waals surface area contributed by atoms with Crippen molar-refractivity contribution in [1.29, 1.82) is 0 Å². The molecule has 0 fully saturated rings. The molecule has 1 aromatic heterocycles. The number of nitrogens with zero attached hydrogens (tertiary/aromatic N) is 2. The van der Waals surface area contributed by atoms with Gasteiger partial charge in [0.15, 0.2) is 0 Å². The highest BCUT2D eigenvalue weighted by Crippen LogP contribution is 2.15. The fourth-order valence-corrected chi connectivity index (χ4v) is 3.29. The van der Waals surface area contributed by atoms with Crippen molar-refractivity contribution in [3.63, 3.8) is 0 Å². The molecular formula is C20H20N4O2. The third kappa shape index (κ3) is 3.23. The summed E-state index contributed by atoms with van der Waals surface area (Å²) in [6.45, 7) is 2.46. The van der Waals surface area contributed by atoms with Crippen LogP contribution < -0.4 is 16.2 Å². The zero-order valence-corrected chi connectivity index (χ0v) is 14.4. The summed E-state index contributed by atoms with van der Waals surface area (Å²) in [6.07, 6.45) is 2.67. The number of carbonyl (C=O) groups excluding carboxylic acids is 1. The fourth-order valence-electron chi connectivity index (χ4n) is 3.29. The van der Waals surface area contributed by atoms with E-state index in [9.17, 15) is 9.59 Å². The third-order valence-corrected chi connectivity index (χ3v) is 4.73. The maximum absolute atomic E-state index is 12.4. The Morgan fingerprint density at radius 3 is 3.00 bits per heavy atom. The Hall–Kier alpha value is -2.99. The number of rotatable bonds is 4. The summed E-state index contributed by atoms with van der Waals surface area (Å²) < 4.78 is 1.39. The van der Waals surface area contributed by atoms with Gasteiger partial charge in [-0.2, -0.15) is 5.10 Å². The number of benzene rings is 2. The topological polar surface area (TPSA) is 76.0 Å². The summed E-state index contributed by atoms with van der Waals surface area (Å²) in [6, 6.07) is 13.2. The molecule has 6 heteroatoms. The summed E-state index contributed by atoms with van der Waals surface area (Å²) in [5.74, 6) is -0.132. The smallest absolute Gasteiger partial charge is 0.274 e. The van der Waals surface area contributed by atoms with Crippen molar-refractivity contribution < 1.29 is 4.79 Å². The Morgan fingerprint density at radius 1 is 1.19 bits per heavy atom. The summed E-state index contributed by atoms with van der Waals surface area (Å²) in [5, 5.41) is 11.8. The van der Waals surface area contributed by atoms with Gasteiger partial charge in [0, 0.05) is 24.0 Å². The molecule has 6 nitrogen and oxygen atoms in total. The second-order valence-corrected chi connectivity index (χ2v) is 6.43. The summed E-state index contributed by atoms with van der Waals surface area (Å²) in [5.41, 5.74) is 2.98. The largest absolute Gasteiger partial charge is 0.350 e. The Morgan fingerprint density at radius 2 is 2.08 bits per heavy atom. The molecule has 26 heavy (non-hydrogen) atoms. The lowest BCUT2D eigenvalue weighted by Gasteiger charge is -2.17. The zero-order chi connectivity index (χ0) is 17.9. The third-order valence-electron chi connectivity index (χ3n) is 4.73. The molecule has 0 bridgehead atoms. The van der Waals surface area contributed by atoms with Crippen LogP contribution in [0.2, 0.25) is 0 Å². The molecule has 0 radical (unpaired) electrons. The first-order chi connectivity index (χ1) is 12.7. The second-order valence-electron chi connectivity index (χ2n) is 6.43. The maximum atomic E-state index is 12.4. The van der Waals surface area contributed by atoms with Crippen LogP contribution in [0.1, 0.15) is 21.5 Å². The minimum Gasteiger partial charge on any atom is -0.350 e. The first-order valence-electron chi connectivity index (χ1n) is 8.78. The van der Waals surface area contributed by atoms with Gasteiger partial charge in [-0.15, -0.1) is 0 Å². The molecule has 0 spiro atoms. The van der Waals surface area contributed by atoms with Gasteiger partial charge in [0.1, 0.15) is 0 Å². The van der Waals surface area contributed by atoms with Crippen molar-refractivity contribution in [3.05, 3.63) is 75.7 Å². The molecule has 3 aromatic rings. The van der Waals surface area contributed by atoms with Crippen molar-refractivity contribution >= 4 is 16.7 Å². The number of fused-ring (bicyclic) bond motifs is 2. The van der Waals surface area contributed by atoms with Gasteiger partial charge in [0.2, 0.25) is 0 Å². The van der Waals surface area contributed by atoms with Crippen LogP contribution in [0.3, 0.4) is 0 Å². The van der Waals surface area contributed by atoms with E-state index in [2.05, 4.69) is 15.7 Å². The lowest BCUT2D eigenvalue weighted by molar-refractivity contribution is 0.0951. The minimum atomic E-state index is -0.141. The normalized spacial score (nSPS) is 13.4. The Kier molecular flexibility index (Phi) is 4.50. The predicted molar refractivity (Wildman–Crippen MR) is 100 cm³/mol. The highest BCUT2D eigenvalue weighted by molar-refractivity contribution is 5.94. The van der Waals surface area contributed by atoms with Crippen molar-refractivity contribution in [3.8, 4) is 0 Å². The monoisotopic (exact) mass is 348 g/mol. The summed E-state index contributed by atoms with van der Waals surface area (Å²) in [7, 11) is 0. The average Bonchev–Trinajstić information content (AvgIpc) is 2.69. The van der Waals surface area contributed by atoms with Crippen molar-refractivity contribution in [2.75, 3.05) is 13.1 Å². The van der Waals surface area contributed by atoms with Crippen LogP contribution in [0.5, 0.6) is 0 Å². The molecule has 1 aliphatic heterocycles. The standard InChI is InChI=1S/C20H20N4O2/c25-19(15-6-5-14-7-8-21-12-17(14)11-15)22-9-10-24-20(26)18-4-2-1-3-16(18)13-23-24/h1-6,11,13,21H,7-10,12H2,(H,22,25). The molecule has 4 rings (SSSR count). The van der Waals surface area contributed by atoms with E-state index in [1.165, 1.54) is 15.8 Å². The van der Waals surface area contributed by atoms with Crippen LogP contribution in [0.4, 0.5) is 0 Å². The number of amides is 1. The second kappa shape index (κ2) is 7.09. The molecule has 132 valence electrons. The molecule has 0 saturated carbocycles. The number of aromatic nitrogens is 2. The minimum absolute atomic E-state index is 0.132. The highest BCUT2D eigenvalue weighted by atomic mass is 16.2. The van der Waals surface area contributed by atoms with Crippen LogP contribution in [-0.4, -0.2) is 28.8 Å².